The summed E-state index contributed by atoms with van der Waals surface area (Å²) >= 11 is 12.1. The molecule has 0 unspecified atom stereocenters. The summed E-state index contributed by atoms with van der Waals surface area (Å²) in [5.74, 6) is 1.05. The number of guanidine groups is 1. The average molecular weight is 511 g/mol. The molecule has 0 atom stereocenters. The molecule has 0 saturated heterocycles. The van der Waals surface area contributed by atoms with E-state index in [1.807, 2.05) is 50.6 Å². The minimum atomic E-state index is 0. The third-order valence-electron chi connectivity index (χ3n) is 3.97. The topological polar surface area (TPSA) is 61.6 Å². The standard InChI is InChI=1S/C18H24Cl2N4O.HI/c1-5-21-18(23-10-14-8-15(19)17(20)24(14)4)22-9-13-6-11(2)16(25)12(3)7-13;/h6-8,25H,5,9-10H2,1-4H3,(H2,21,22,23);1H. The molecule has 144 valence electrons. The lowest BCUT2D eigenvalue weighted by Gasteiger charge is -2.12. The zero-order valence-electron chi connectivity index (χ0n) is 15.4. The highest BCUT2D eigenvalue weighted by atomic mass is 127. The summed E-state index contributed by atoms with van der Waals surface area (Å²) in [7, 11) is 1.87. The van der Waals surface area contributed by atoms with Crippen molar-refractivity contribution >= 4 is 53.1 Å². The van der Waals surface area contributed by atoms with Gasteiger partial charge in [-0.3, -0.25) is 0 Å². The van der Waals surface area contributed by atoms with E-state index in [1.165, 1.54) is 0 Å². The quantitative estimate of drug-likeness (QED) is 0.314. The molecular weight excluding hydrogens is 486 g/mol. The van der Waals surface area contributed by atoms with Gasteiger partial charge in [0.15, 0.2) is 5.96 Å². The molecule has 0 aliphatic heterocycles. The number of aromatic nitrogens is 1. The van der Waals surface area contributed by atoms with Crippen molar-refractivity contribution in [2.75, 3.05) is 6.54 Å². The number of phenols is 1. The Morgan fingerprint density at radius 3 is 2.27 bits per heavy atom. The van der Waals surface area contributed by atoms with E-state index in [9.17, 15) is 5.11 Å². The lowest BCUT2D eigenvalue weighted by molar-refractivity contribution is 0.466. The summed E-state index contributed by atoms with van der Waals surface area (Å²) < 4.78 is 1.84. The minimum absolute atomic E-state index is 0. The van der Waals surface area contributed by atoms with Crippen LogP contribution in [0, 0.1) is 13.8 Å². The number of hydrogen-bond donors (Lipinski definition) is 3. The fourth-order valence-corrected chi connectivity index (χ4v) is 3.00. The summed E-state index contributed by atoms with van der Waals surface area (Å²) in [6.45, 7) is 7.63. The van der Waals surface area contributed by atoms with E-state index < -0.39 is 0 Å². The van der Waals surface area contributed by atoms with Gasteiger partial charge in [0.05, 0.1) is 18.1 Å². The molecule has 26 heavy (non-hydrogen) atoms. The molecule has 2 aromatic rings. The smallest absolute Gasteiger partial charge is 0.191 e. The molecule has 0 radical (unpaired) electrons. The van der Waals surface area contributed by atoms with Crippen molar-refractivity contribution in [2.45, 2.75) is 33.9 Å². The van der Waals surface area contributed by atoms with Crippen LogP contribution in [0.2, 0.25) is 10.2 Å². The number of aliphatic imine (C=N–C) groups is 1. The molecule has 3 N–H and O–H groups in total. The molecule has 0 aliphatic rings. The van der Waals surface area contributed by atoms with Crippen LogP contribution in [0.1, 0.15) is 29.3 Å². The van der Waals surface area contributed by atoms with Crippen LogP contribution in [0.25, 0.3) is 0 Å². The van der Waals surface area contributed by atoms with Crippen LogP contribution in [-0.2, 0) is 20.1 Å². The Hall–Kier alpha value is -1.12. The summed E-state index contributed by atoms with van der Waals surface area (Å²) in [6, 6.07) is 5.74. The molecule has 8 heteroatoms. The zero-order chi connectivity index (χ0) is 18.6. The fourth-order valence-electron chi connectivity index (χ4n) is 2.58. The van der Waals surface area contributed by atoms with Gasteiger partial charge in [0.2, 0.25) is 0 Å². The predicted octanol–water partition coefficient (Wildman–Crippen LogP) is 4.53. The van der Waals surface area contributed by atoms with E-state index in [0.717, 1.165) is 28.9 Å². The van der Waals surface area contributed by atoms with Crippen molar-refractivity contribution in [1.82, 2.24) is 15.2 Å². The van der Waals surface area contributed by atoms with Crippen molar-refractivity contribution in [3.63, 3.8) is 0 Å². The van der Waals surface area contributed by atoms with E-state index in [1.54, 1.807) is 0 Å². The van der Waals surface area contributed by atoms with E-state index in [4.69, 9.17) is 23.2 Å². The van der Waals surface area contributed by atoms with Gasteiger partial charge in [0, 0.05) is 19.3 Å². The van der Waals surface area contributed by atoms with Gasteiger partial charge >= 0.3 is 0 Å². The highest BCUT2D eigenvalue weighted by Crippen LogP contribution is 2.25. The van der Waals surface area contributed by atoms with Gasteiger partial charge in [-0.25, -0.2) is 4.99 Å². The second-order valence-electron chi connectivity index (χ2n) is 5.96. The van der Waals surface area contributed by atoms with E-state index in [2.05, 4.69) is 15.6 Å². The maximum atomic E-state index is 9.87. The Kier molecular flexibility index (Phi) is 9.06. The molecule has 5 nitrogen and oxygen atoms in total. The molecule has 0 amide bonds. The van der Waals surface area contributed by atoms with E-state index in [-0.39, 0.29) is 24.0 Å². The SMILES string of the molecule is CCNC(=NCc1cc(C)c(O)c(C)c1)NCc1cc(Cl)c(Cl)n1C.I. The van der Waals surface area contributed by atoms with Crippen LogP contribution in [0.3, 0.4) is 0 Å². The van der Waals surface area contributed by atoms with Gasteiger partial charge in [0.1, 0.15) is 10.9 Å². The lowest BCUT2D eigenvalue weighted by Crippen LogP contribution is -2.37. The average Bonchev–Trinajstić information content (AvgIpc) is 2.82. The first-order chi connectivity index (χ1) is 11.8. The third kappa shape index (κ3) is 5.69. The molecule has 2 rings (SSSR count). The number of nitrogens with one attached hydrogen (secondary N) is 2. The van der Waals surface area contributed by atoms with Crippen molar-refractivity contribution in [3.8, 4) is 5.75 Å². The monoisotopic (exact) mass is 510 g/mol. The van der Waals surface area contributed by atoms with Gasteiger partial charge in [-0.05, 0) is 43.5 Å². The number of nitrogens with zero attached hydrogens (tertiary/aromatic N) is 2. The highest BCUT2D eigenvalue weighted by Gasteiger charge is 2.09. The van der Waals surface area contributed by atoms with Crippen molar-refractivity contribution in [1.29, 1.82) is 0 Å². The van der Waals surface area contributed by atoms with Crippen LogP contribution < -0.4 is 10.6 Å². The highest BCUT2D eigenvalue weighted by molar-refractivity contribution is 14.0. The van der Waals surface area contributed by atoms with Crippen LogP contribution in [0.5, 0.6) is 5.75 Å². The summed E-state index contributed by atoms with van der Waals surface area (Å²) in [4.78, 5) is 4.61. The van der Waals surface area contributed by atoms with Gasteiger partial charge in [0.25, 0.3) is 0 Å². The number of phenolic OH excluding ortho intramolecular Hbond substituents is 1. The zero-order valence-corrected chi connectivity index (χ0v) is 19.2. The maximum absolute atomic E-state index is 9.87. The molecular formula is C18H25Cl2IN4O. The number of benzene rings is 1. The number of aryl methyl sites for hydroxylation is 2. The first-order valence-corrected chi connectivity index (χ1v) is 8.90. The lowest BCUT2D eigenvalue weighted by atomic mass is 10.1. The predicted molar refractivity (Wildman–Crippen MR) is 120 cm³/mol. The Morgan fingerprint density at radius 2 is 1.77 bits per heavy atom. The van der Waals surface area contributed by atoms with E-state index in [0.29, 0.717) is 35.0 Å². The minimum Gasteiger partial charge on any atom is -0.507 e. The second kappa shape index (κ2) is 10.3. The fraction of sp³-hybridized carbons (Fsp3) is 0.389. The van der Waals surface area contributed by atoms with Crippen LogP contribution in [0.15, 0.2) is 23.2 Å². The van der Waals surface area contributed by atoms with Gasteiger partial charge in [-0.1, -0.05) is 35.3 Å². The first-order valence-electron chi connectivity index (χ1n) is 8.14. The molecule has 1 aromatic heterocycles. The van der Waals surface area contributed by atoms with E-state index >= 15 is 0 Å². The Bertz CT molecular complexity index is 767. The molecule has 0 aliphatic carbocycles. The van der Waals surface area contributed by atoms with Gasteiger partial charge < -0.3 is 20.3 Å². The first kappa shape index (κ1) is 22.9. The molecule has 0 bridgehead atoms. The summed E-state index contributed by atoms with van der Waals surface area (Å²) in [6.07, 6.45) is 0. The molecule has 1 heterocycles. The Balaban J connectivity index is 0.00000338. The largest absolute Gasteiger partial charge is 0.507 e. The summed E-state index contributed by atoms with van der Waals surface area (Å²) in [5, 5.41) is 17.4. The third-order valence-corrected chi connectivity index (χ3v) is 4.81. The summed E-state index contributed by atoms with van der Waals surface area (Å²) in [5.41, 5.74) is 3.74. The molecule has 0 fully saturated rings. The Labute approximate surface area is 181 Å². The molecule has 1 aromatic carbocycles. The number of rotatable bonds is 5. The van der Waals surface area contributed by atoms with Crippen molar-refractivity contribution < 1.29 is 5.11 Å². The maximum Gasteiger partial charge on any atom is 0.191 e. The van der Waals surface area contributed by atoms with Crippen LogP contribution >= 0.6 is 47.2 Å². The van der Waals surface area contributed by atoms with Crippen LogP contribution in [0.4, 0.5) is 0 Å². The number of aromatic hydroxyl groups is 1. The number of hydrogen-bond acceptors (Lipinski definition) is 2. The van der Waals surface area contributed by atoms with Crippen molar-refractivity contribution in [3.05, 3.63) is 50.8 Å². The Morgan fingerprint density at radius 1 is 1.15 bits per heavy atom. The van der Waals surface area contributed by atoms with Crippen molar-refractivity contribution in [2.24, 2.45) is 12.0 Å². The molecule has 0 saturated carbocycles. The van der Waals surface area contributed by atoms with Gasteiger partial charge in [-0.2, -0.15) is 0 Å². The normalized spacial score (nSPS) is 11.2. The molecule has 0 spiro atoms. The van der Waals surface area contributed by atoms with Crippen LogP contribution in [-0.4, -0.2) is 22.2 Å². The second-order valence-corrected chi connectivity index (χ2v) is 6.73. The van der Waals surface area contributed by atoms with Gasteiger partial charge in [-0.15, -0.1) is 24.0 Å². The number of halogens is 3.